The summed E-state index contributed by atoms with van der Waals surface area (Å²) in [6.45, 7) is 4.92. The summed E-state index contributed by atoms with van der Waals surface area (Å²) < 4.78 is 5.47. The van der Waals surface area contributed by atoms with Crippen LogP contribution in [0.15, 0.2) is 36.5 Å². The lowest BCUT2D eigenvalue weighted by Gasteiger charge is -2.31. The van der Waals surface area contributed by atoms with Crippen molar-refractivity contribution < 1.29 is 9.84 Å². The number of aliphatic hydroxyl groups excluding tert-OH is 1. The minimum Gasteiger partial charge on any atom is -0.395 e. The Balaban J connectivity index is 1.36. The van der Waals surface area contributed by atoms with Crippen molar-refractivity contribution >= 4 is 23.1 Å². The van der Waals surface area contributed by atoms with Crippen LogP contribution < -0.4 is 16.0 Å². The minimum atomic E-state index is 0.155. The summed E-state index contributed by atoms with van der Waals surface area (Å²) in [6.07, 6.45) is 8.36. The molecule has 0 amide bonds. The molecule has 0 spiro atoms. The number of nitrogens with zero attached hydrogens (tertiary/aromatic N) is 1. The Morgan fingerprint density at radius 1 is 1.09 bits per heavy atom. The van der Waals surface area contributed by atoms with Crippen LogP contribution in [-0.4, -0.2) is 54.6 Å². The van der Waals surface area contributed by atoms with Crippen molar-refractivity contribution in [3.8, 4) is 11.1 Å². The molecule has 0 radical (unpaired) electrons. The third-order valence-corrected chi connectivity index (χ3v) is 7.14. The third-order valence-electron chi connectivity index (χ3n) is 6.84. The van der Waals surface area contributed by atoms with Crippen molar-refractivity contribution in [1.82, 2.24) is 10.3 Å². The van der Waals surface area contributed by atoms with Crippen LogP contribution in [0.4, 0.5) is 11.5 Å². The van der Waals surface area contributed by atoms with E-state index in [1.54, 1.807) is 6.20 Å². The standard InChI is InChI=1S/C26H37ClN4O2/c1-18(17-32)30-21-5-7-22(8-6-21)31-26-14-24(25(27)16-29-26)20-3-2-4-23(13-20)28-15-19-9-11-33-12-10-19/h2-4,13-14,16,18-19,21-22,28,30,32H,5-12,15,17H2,1H3,(H,29,31)/t18-,21?,22?/m1/s1. The first-order valence-corrected chi connectivity index (χ1v) is 12.7. The van der Waals surface area contributed by atoms with Gasteiger partial charge in [0.2, 0.25) is 0 Å². The molecule has 0 bridgehead atoms. The predicted octanol–water partition coefficient (Wildman–Crippen LogP) is 4.93. The van der Waals surface area contributed by atoms with Crippen LogP contribution in [0.2, 0.25) is 5.02 Å². The monoisotopic (exact) mass is 472 g/mol. The summed E-state index contributed by atoms with van der Waals surface area (Å²) in [5.41, 5.74) is 3.20. The number of benzene rings is 1. The molecule has 33 heavy (non-hydrogen) atoms. The van der Waals surface area contributed by atoms with E-state index < -0.39 is 0 Å². The molecule has 1 aromatic heterocycles. The number of halogens is 1. The van der Waals surface area contributed by atoms with E-state index in [2.05, 4.69) is 51.3 Å². The SMILES string of the molecule is C[C@H](CO)NC1CCC(Nc2cc(-c3cccc(NCC4CCOCC4)c3)c(Cl)cn2)CC1. The molecule has 2 aliphatic rings. The van der Waals surface area contributed by atoms with E-state index in [0.717, 1.165) is 80.9 Å². The summed E-state index contributed by atoms with van der Waals surface area (Å²) in [5.74, 6) is 1.54. The number of aliphatic hydroxyl groups is 1. The third kappa shape index (κ3) is 7.06. The van der Waals surface area contributed by atoms with Gasteiger partial charge < -0.3 is 25.8 Å². The van der Waals surface area contributed by atoms with Crippen LogP contribution in [0.25, 0.3) is 11.1 Å². The zero-order chi connectivity index (χ0) is 23.0. The van der Waals surface area contributed by atoms with E-state index in [4.69, 9.17) is 16.3 Å². The second-order valence-corrected chi connectivity index (χ2v) is 9.92. The van der Waals surface area contributed by atoms with Crippen LogP contribution >= 0.6 is 11.6 Å². The predicted molar refractivity (Wildman–Crippen MR) is 136 cm³/mol. The van der Waals surface area contributed by atoms with Crippen LogP contribution in [0, 0.1) is 5.92 Å². The quantitative estimate of drug-likeness (QED) is 0.414. The number of anilines is 2. The zero-order valence-electron chi connectivity index (χ0n) is 19.5. The van der Waals surface area contributed by atoms with Gasteiger partial charge in [0, 0.05) is 55.3 Å². The molecule has 4 rings (SSSR count). The molecular formula is C26H37ClN4O2. The first-order valence-electron chi connectivity index (χ1n) is 12.3. The van der Waals surface area contributed by atoms with E-state index in [1.165, 1.54) is 0 Å². The highest BCUT2D eigenvalue weighted by Gasteiger charge is 2.22. The number of pyridine rings is 1. The molecule has 180 valence electrons. The van der Waals surface area contributed by atoms with Gasteiger partial charge in [-0.15, -0.1) is 0 Å². The van der Waals surface area contributed by atoms with Gasteiger partial charge in [-0.05, 0) is 75.1 Å². The maximum absolute atomic E-state index is 9.26. The molecule has 4 N–H and O–H groups in total. The van der Waals surface area contributed by atoms with Gasteiger partial charge in [-0.3, -0.25) is 0 Å². The van der Waals surface area contributed by atoms with Crippen molar-refractivity contribution in [1.29, 1.82) is 0 Å². The average Bonchev–Trinajstić information content (AvgIpc) is 2.86. The van der Waals surface area contributed by atoms with Gasteiger partial charge in [-0.25, -0.2) is 4.98 Å². The highest BCUT2D eigenvalue weighted by atomic mass is 35.5. The summed E-state index contributed by atoms with van der Waals surface area (Å²) in [7, 11) is 0. The summed E-state index contributed by atoms with van der Waals surface area (Å²) in [5, 5.41) is 20.6. The number of aromatic nitrogens is 1. The molecule has 1 aliphatic heterocycles. The maximum atomic E-state index is 9.26. The molecule has 1 saturated heterocycles. The van der Waals surface area contributed by atoms with Crippen LogP contribution in [0.3, 0.4) is 0 Å². The number of rotatable bonds is 9. The summed E-state index contributed by atoms with van der Waals surface area (Å²) in [6, 6.07) is 11.6. The number of hydrogen-bond donors (Lipinski definition) is 4. The van der Waals surface area contributed by atoms with E-state index >= 15 is 0 Å². The van der Waals surface area contributed by atoms with Gasteiger partial charge in [-0.2, -0.15) is 0 Å². The maximum Gasteiger partial charge on any atom is 0.126 e. The lowest BCUT2D eigenvalue weighted by molar-refractivity contribution is 0.0699. The van der Waals surface area contributed by atoms with Gasteiger partial charge in [0.1, 0.15) is 5.82 Å². The van der Waals surface area contributed by atoms with Crippen LogP contribution in [-0.2, 0) is 4.74 Å². The largest absolute Gasteiger partial charge is 0.395 e. The highest BCUT2D eigenvalue weighted by Crippen LogP contribution is 2.32. The van der Waals surface area contributed by atoms with Gasteiger partial charge in [-0.1, -0.05) is 23.7 Å². The fraction of sp³-hybridized carbons (Fsp3) is 0.577. The van der Waals surface area contributed by atoms with Crippen molar-refractivity contribution in [3.63, 3.8) is 0 Å². The Morgan fingerprint density at radius 2 is 1.85 bits per heavy atom. The summed E-state index contributed by atoms with van der Waals surface area (Å²) in [4.78, 5) is 4.54. The van der Waals surface area contributed by atoms with Gasteiger partial charge in [0.05, 0.1) is 11.6 Å². The van der Waals surface area contributed by atoms with Crippen LogP contribution in [0.1, 0.15) is 45.4 Å². The molecule has 1 atom stereocenters. The lowest BCUT2D eigenvalue weighted by Crippen LogP contribution is -2.42. The zero-order valence-corrected chi connectivity index (χ0v) is 20.3. The van der Waals surface area contributed by atoms with E-state index in [1.807, 2.05) is 6.92 Å². The molecule has 1 aromatic carbocycles. The molecular weight excluding hydrogens is 436 g/mol. The first kappa shape index (κ1) is 24.3. The fourth-order valence-corrected chi connectivity index (χ4v) is 5.03. The molecule has 0 unspecified atom stereocenters. The molecule has 1 saturated carbocycles. The number of nitrogens with one attached hydrogen (secondary N) is 3. The minimum absolute atomic E-state index is 0.155. The normalized spacial score (nSPS) is 22.6. The van der Waals surface area contributed by atoms with Gasteiger partial charge in [0.15, 0.2) is 0 Å². The Bertz CT molecular complexity index is 882. The molecule has 6 nitrogen and oxygen atoms in total. The molecule has 2 heterocycles. The van der Waals surface area contributed by atoms with Crippen molar-refractivity contribution in [2.24, 2.45) is 5.92 Å². The first-order chi connectivity index (χ1) is 16.1. The van der Waals surface area contributed by atoms with E-state index in [0.29, 0.717) is 23.0 Å². The lowest BCUT2D eigenvalue weighted by atomic mass is 9.90. The van der Waals surface area contributed by atoms with Crippen LogP contribution in [0.5, 0.6) is 0 Å². The number of hydrogen-bond acceptors (Lipinski definition) is 6. The Hall–Kier alpha value is -1.86. The topological polar surface area (TPSA) is 78.4 Å². The average molecular weight is 473 g/mol. The molecule has 2 fully saturated rings. The second kappa shape index (κ2) is 12.0. The van der Waals surface area contributed by atoms with Crippen molar-refractivity contribution in [2.75, 3.05) is 37.0 Å². The fourth-order valence-electron chi connectivity index (χ4n) is 4.82. The van der Waals surface area contributed by atoms with Gasteiger partial charge in [0.25, 0.3) is 0 Å². The van der Waals surface area contributed by atoms with Gasteiger partial charge >= 0.3 is 0 Å². The van der Waals surface area contributed by atoms with Crippen molar-refractivity contribution in [2.45, 2.75) is 63.6 Å². The second-order valence-electron chi connectivity index (χ2n) is 9.51. The van der Waals surface area contributed by atoms with E-state index in [9.17, 15) is 5.11 Å². The highest BCUT2D eigenvalue weighted by molar-refractivity contribution is 6.33. The number of ether oxygens (including phenoxy) is 1. The Kier molecular flexibility index (Phi) is 8.84. The van der Waals surface area contributed by atoms with Crippen molar-refractivity contribution in [3.05, 3.63) is 41.6 Å². The smallest absolute Gasteiger partial charge is 0.126 e. The Labute approximate surface area is 202 Å². The summed E-state index contributed by atoms with van der Waals surface area (Å²) >= 11 is 6.55. The molecule has 2 aromatic rings. The molecule has 1 aliphatic carbocycles. The Morgan fingerprint density at radius 3 is 2.61 bits per heavy atom. The molecule has 7 heteroatoms. The van der Waals surface area contributed by atoms with E-state index in [-0.39, 0.29) is 12.6 Å².